The molecule has 0 aliphatic carbocycles. The smallest absolute Gasteiger partial charge is 0.306 e. The fourth-order valence-corrected chi connectivity index (χ4v) is 3.21. The van der Waals surface area contributed by atoms with Crippen molar-refractivity contribution in [2.75, 3.05) is 6.54 Å². The van der Waals surface area contributed by atoms with Gasteiger partial charge in [0.05, 0.1) is 16.6 Å². The number of benzene rings is 1. The summed E-state index contributed by atoms with van der Waals surface area (Å²) in [4.78, 5) is 0.910. The zero-order valence-corrected chi connectivity index (χ0v) is 12.2. The first-order valence-corrected chi connectivity index (χ1v) is 7.32. The minimum absolute atomic E-state index is 0.185. The molecule has 0 spiro atoms. The molecule has 2 rings (SSSR count). The first kappa shape index (κ1) is 15.4. The average molecular weight is 320 g/mol. The molecule has 2 aromatic rings. The first-order chi connectivity index (χ1) is 9.43. The van der Waals surface area contributed by atoms with E-state index in [1.54, 1.807) is 6.07 Å². The van der Waals surface area contributed by atoms with Gasteiger partial charge in [-0.3, -0.25) is 0 Å². The third-order valence-electron chi connectivity index (χ3n) is 2.89. The predicted octanol–water partition coefficient (Wildman–Crippen LogP) is 5.12. The van der Waals surface area contributed by atoms with Crippen LogP contribution in [0.3, 0.4) is 0 Å². The summed E-state index contributed by atoms with van der Waals surface area (Å²) in [5.74, 6) is 0. The molecule has 0 amide bonds. The van der Waals surface area contributed by atoms with Crippen LogP contribution in [0.2, 0.25) is 5.02 Å². The fourth-order valence-electron chi connectivity index (χ4n) is 1.94. The number of thiophene rings is 1. The summed E-state index contributed by atoms with van der Waals surface area (Å²) in [5, 5.41) is 5.74. The number of alkyl halides is 3. The van der Waals surface area contributed by atoms with Gasteiger partial charge in [-0.2, -0.15) is 13.2 Å². The zero-order chi connectivity index (χ0) is 14.8. The van der Waals surface area contributed by atoms with E-state index in [9.17, 15) is 13.2 Å². The average Bonchev–Trinajstić information content (AvgIpc) is 2.81. The molecule has 1 aromatic heterocycles. The van der Waals surface area contributed by atoms with Crippen molar-refractivity contribution in [3.8, 4) is 0 Å². The maximum absolute atomic E-state index is 12.6. The molecule has 1 nitrogen and oxygen atoms in total. The summed E-state index contributed by atoms with van der Waals surface area (Å²) >= 11 is 7.60. The van der Waals surface area contributed by atoms with Gasteiger partial charge in [0.1, 0.15) is 0 Å². The largest absolute Gasteiger partial charge is 0.416 e. The molecular weight excluding hydrogens is 307 g/mol. The van der Waals surface area contributed by atoms with Crippen LogP contribution in [0.15, 0.2) is 35.7 Å². The van der Waals surface area contributed by atoms with Crippen molar-refractivity contribution in [2.45, 2.75) is 19.1 Å². The molecule has 6 heteroatoms. The molecule has 0 bridgehead atoms. The Bertz CT molecular complexity index is 563. The first-order valence-electron chi connectivity index (χ1n) is 6.07. The van der Waals surface area contributed by atoms with Crippen molar-refractivity contribution in [2.24, 2.45) is 0 Å². The lowest BCUT2D eigenvalue weighted by Crippen LogP contribution is -2.21. The molecule has 0 aliphatic rings. The van der Waals surface area contributed by atoms with Gasteiger partial charge >= 0.3 is 6.18 Å². The van der Waals surface area contributed by atoms with E-state index in [1.807, 2.05) is 12.3 Å². The Kier molecular flexibility index (Phi) is 4.73. The van der Waals surface area contributed by atoms with Crippen LogP contribution in [-0.2, 0) is 6.18 Å². The lowest BCUT2D eigenvalue weighted by molar-refractivity contribution is -0.137. The molecule has 108 valence electrons. The van der Waals surface area contributed by atoms with Crippen LogP contribution in [0, 0.1) is 0 Å². The molecular formula is C14H13ClF3NS. The molecule has 0 radical (unpaired) electrons. The Balaban J connectivity index is 2.33. The summed E-state index contributed by atoms with van der Waals surface area (Å²) < 4.78 is 37.7. The van der Waals surface area contributed by atoms with E-state index < -0.39 is 11.7 Å². The number of halogens is 4. The summed E-state index contributed by atoms with van der Waals surface area (Å²) in [6, 6.07) is 6.78. The van der Waals surface area contributed by atoms with Crippen LogP contribution in [0.1, 0.15) is 29.0 Å². The summed E-state index contributed by atoms with van der Waals surface area (Å²) in [5.41, 5.74) is 0.123. The van der Waals surface area contributed by atoms with Crippen molar-refractivity contribution >= 4 is 22.9 Å². The number of hydrogen-bond donors (Lipinski definition) is 1. The Morgan fingerprint density at radius 3 is 2.30 bits per heavy atom. The Morgan fingerprint density at radius 2 is 1.85 bits per heavy atom. The maximum Gasteiger partial charge on any atom is 0.416 e. The highest BCUT2D eigenvalue weighted by molar-refractivity contribution is 7.10. The predicted molar refractivity (Wildman–Crippen MR) is 76.3 cm³/mol. The molecule has 0 fully saturated rings. The highest BCUT2D eigenvalue weighted by Crippen LogP contribution is 2.35. The normalized spacial score (nSPS) is 13.4. The molecule has 1 aromatic carbocycles. The van der Waals surface area contributed by atoms with Gasteiger partial charge in [-0.25, -0.2) is 0 Å². The van der Waals surface area contributed by atoms with E-state index in [0.717, 1.165) is 22.6 Å². The van der Waals surface area contributed by atoms with Crippen molar-refractivity contribution < 1.29 is 13.2 Å². The molecule has 0 saturated heterocycles. The SMILES string of the molecule is CCNC(c1ccc(C(F)(F)F)cc1)c1sccc1Cl. The van der Waals surface area contributed by atoms with E-state index in [1.165, 1.54) is 23.5 Å². The monoisotopic (exact) mass is 319 g/mol. The third-order valence-corrected chi connectivity index (χ3v) is 4.31. The van der Waals surface area contributed by atoms with Gasteiger partial charge in [0, 0.05) is 4.88 Å². The van der Waals surface area contributed by atoms with Gasteiger partial charge < -0.3 is 5.32 Å². The number of nitrogens with one attached hydrogen (secondary N) is 1. The van der Waals surface area contributed by atoms with E-state index in [4.69, 9.17) is 11.6 Å². The molecule has 0 aliphatic heterocycles. The van der Waals surface area contributed by atoms with Crippen molar-refractivity contribution in [1.29, 1.82) is 0 Å². The van der Waals surface area contributed by atoms with E-state index >= 15 is 0 Å². The van der Waals surface area contributed by atoms with E-state index in [-0.39, 0.29) is 6.04 Å². The molecule has 1 atom stereocenters. The molecule has 1 unspecified atom stereocenters. The van der Waals surface area contributed by atoms with Gasteiger partial charge in [-0.1, -0.05) is 30.7 Å². The van der Waals surface area contributed by atoms with Crippen molar-refractivity contribution in [3.63, 3.8) is 0 Å². The molecule has 1 heterocycles. The van der Waals surface area contributed by atoms with Crippen LogP contribution < -0.4 is 5.32 Å². The molecule has 1 N–H and O–H groups in total. The minimum Gasteiger partial charge on any atom is -0.306 e. The van der Waals surface area contributed by atoms with Gasteiger partial charge in [0.15, 0.2) is 0 Å². The lowest BCUT2D eigenvalue weighted by atomic mass is 10.0. The van der Waals surface area contributed by atoms with Crippen molar-refractivity contribution in [3.05, 3.63) is 56.7 Å². The minimum atomic E-state index is -4.31. The topological polar surface area (TPSA) is 12.0 Å². The van der Waals surface area contributed by atoms with E-state index in [2.05, 4.69) is 5.32 Å². The van der Waals surface area contributed by atoms with Crippen LogP contribution >= 0.6 is 22.9 Å². The Morgan fingerprint density at radius 1 is 1.20 bits per heavy atom. The highest BCUT2D eigenvalue weighted by atomic mass is 35.5. The number of hydrogen-bond acceptors (Lipinski definition) is 2. The van der Waals surface area contributed by atoms with E-state index in [0.29, 0.717) is 11.6 Å². The number of rotatable bonds is 4. The third kappa shape index (κ3) is 3.34. The summed E-state index contributed by atoms with van der Waals surface area (Å²) in [6.45, 7) is 2.64. The van der Waals surface area contributed by atoms with Gasteiger partial charge in [0.25, 0.3) is 0 Å². The highest BCUT2D eigenvalue weighted by Gasteiger charge is 2.30. The lowest BCUT2D eigenvalue weighted by Gasteiger charge is -2.18. The maximum atomic E-state index is 12.6. The van der Waals surface area contributed by atoms with Gasteiger partial charge in [0.2, 0.25) is 0 Å². The fraction of sp³-hybridized carbons (Fsp3) is 0.286. The quantitative estimate of drug-likeness (QED) is 0.824. The van der Waals surface area contributed by atoms with Crippen LogP contribution in [0.25, 0.3) is 0 Å². The Labute approximate surface area is 124 Å². The second-order valence-corrected chi connectivity index (χ2v) is 5.60. The van der Waals surface area contributed by atoms with Crippen molar-refractivity contribution in [1.82, 2.24) is 5.32 Å². The van der Waals surface area contributed by atoms with Gasteiger partial charge in [-0.15, -0.1) is 11.3 Å². The summed E-state index contributed by atoms with van der Waals surface area (Å²) in [7, 11) is 0. The Hall–Kier alpha value is -1.04. The van der Waals surface area contributed by atoms with Gasteiger partial charge in [-0.05, 0) is 35.7 Å². The zero-order valence-electron chi connectivity index (χ0n) is 10.7. The second-order valence-electron chi connectivity index (χ2n) is 4.24. The second kappa shape index (κ2) is 6.16. The molecule has 20 heavy (non-hydrogen) atoms. The van der Waals surface area contributed by atoms with Crippen LogP contribution in [0.4, 0.5) is 13.2 Å². The molecule has 0 saturated carbocycles. The van der Waals surface area contributed by atoms with Crippen LogP contribution in [-0.4, -0.2) is 6.54 Å². The van der Waals surface area contributed by atoms with Crippen LogP contribution in [0.5, 0.6) is 0 Å². The summed E-state index contributed by atoms with van der Waals surface area (Å²) in [6.07, 6.45) is -4.31. The standard InChI is InChI=1S/C14H13ClF3NS/c1-2-19-12(13-11(15)7-8-20-13)9-3-5-10(6-4-9)14(16,17)18/h3-8,12,19H,2H2,1H3.